The standard InChI is InChI=1S/C14H21Cl2NO/c1-5-9(3)14(17-6-2)10-7-12(16)13(18-4)8-11(10)15/h7-9,14,17H,5-6H2,1-4H3. The van der Waals surface area contributed by atoms with Crippen LogP contribution >= 0.6 is 23.2 Å². The Kier molecular flexibility index (Phi) is 6.27. The zero-order valence-corrected chi connectivity index (χ0v) is 12.9. The lowest BCUT2D eigenvalue weighted by atomic mass is 9.92. The van der Waals surface area contributed by atoms with E-state index in [4.69, 9.17) is 27.9 Å². The van der Waals surface area contributed by atoms with Crippen molar-refractivity contribution < 1.29 is 4.74 Å². The van der Waals surface area contributed by atoms with Crippen LogP contribution in [0.4, 0.5) is 0 Å². The predicted molar refractivity (Wildman–Crippen MR) is 78.9 cm³/mol. The SMILES string of the molecule is CCNC(c1cc(Cl)c(OC)cc1Cl)C(C)CC. The Labute approximate surface area is 120 Å². The van der Waals surface area contributed by atoms with Crippen molar-refractivity contribution in [2.45, 2.75) is 33.2 Å². The van der Waals surface area contributed by atoms with E-state index < -0.39 is 0 Å². The first-order chi connectivity index (χ1) is 8.54. The molecule has 0 aliphatic rings. The fourth-order valence-electron chi connectivity index (χ4n) is 2.01. The summed E-state index contributed by atoms with van der Waals surface area (Å²) in [7, 11) is 1.59. The highest BCUT2D eigenvalue weighted by Gasteiger charge is 2.21. The summed E-state index contributed by atoms with van der Waals surface area (Å²) in [6.07, 6.45) is 1.08. The van der Waals surface area contributed by atoms with Gasteiger partial charge in [0.25, 0.3) is 0 Å². The molecule has 102 valence electrons. The van der Waals surface area contributed by atoms with Gasteiger partial charge in [-0.05, 0) is 24.1 Å². The van der Waals surface area contributed by atoms with Gasteiger partial charge in [0.2, 0.25) is 0 Å². The molecule has 1 N–H and O–H groups in total. The Bertz CT molecular complexity index is 396. The molecule has 0 aliphatic carbocycles. The Morgan fingerprint density at radius 3 is 2.39 bits per heavy atom. The van der Waals surface area contributed by atoms with Gasteiger partial charge in [0.05, 0.1) is 12.1 Å². The van der Waals surface area contributed by atoms with Gasteiger partial charge in [0.1, 0.15) is 5.75 Å². The van der Waals surface area contributed by atoms with Crippen molar-refractivity contribution in [2.24, 2.45) is 5.92 Å². The summed E-state index contributed by atoms with van der Waals surface area (Å²) in [6, 6.07) is 3.91. The van der Waals surface area contributed by atoms with Gasteiger partial charge in [-0.25, -0.2) is 0 Å². The number of methoxy groups -OCH3 is 1. The smallest absolute Gasteiger partial charge is 0.138 e. The molecule has 0 fully saturated rings. The molecule has 1 aromatic carbocycles. The third-order valence-corrected chi connectivity index (χ3v) is 3.87. The summed E-state index contributed by atoms with van der Waals surface area (Å²) in [5, 5.41) is 4.77. The molecule has 4 heteroatoms. The number of nitrogens with one attached hydrogen (secondary N) is 1. The van der Waals surface area contributed by atoms with Crippen molar-refractivity contribution in [1.29, 1.82) is 0 Å². The average Bonchev–Trinajstić information content (AvgIpc) is 2.37. The Morgan fingerprint density at radius 2 is 1.89 bits per heavy atom. The first kappa shape index (κ1) is 15.6. The summed E-state index contributed by atoms with van der Waals surface area (Å²) < 4.78 is 5.17. The second-order valence-electron chi connectivity index (χ2n) is 4.43. The minimum Gasteiger partial charge on any atom is -0.495 e. The molecule has 0 amide bonds. The van der Waals surface area contributed by atoms with Crippen molar-refractivity contribution in [1.82, 2.24) is 5.32 Å². The van der Waals surface area contributed by atoms with Gasteiger partial charge >= 0.3 is 0 Å². The predicted octanol–water partition coefficient (Wildman–Crippen LogP) is 4.70. The second kappa shape index (κ2) is 7.22. The molecule has 0 spiro atoms. The molecule has 0 bridgehead atoms. The molecule has 1 rings (SSSR count). The van der Waals surface area contributed by atoms with Gasteiger partial charge in [0, 0.05) is 17.1 Å². The zero-order valence-electron chi connectivity index (χ0n) is 11.4. The number of hydrogen-bond donors (Lipinski definition) is 1. The van der Waals surface area contributed by atoms with Gasteiger partial charge in [-0.3, -0.25) is 0 Å². The van der Waals surface area contributed by atoms with E-state index in [1.165, 1.54) is 0 Å². The van der Waals surface area contributed by atoms with Crippen molar-refractivity contribution in [2.75, 3.05) is 13.7 Å². The maximum Gasteiger partial charge on any atom is 0.138 e. The molecule has 18 heavy (non-hydrogen) atoms. The van der Waals surface area contributed by atoms with E-state index in [1.807, 2.05) is 6.07 Å². The Morgan fingerprint density at radius 1 is 1.22 bits per heavy atom. The largest absolute Gasteiger partial charge is 0.495 e. The molecule has 0 heterocycles. The molecule has 2 atom stereocenters. The van der Waals surface area contributed by atoms with Gasteiger partial charge in [0.15, 0.2) is 0 Å². The van der Waals surface area contributed by atoms with Crippen LogP contribution in [0.3, 0.4) is 0 Å². The fourth-order valence-corrected chi connectivity index (χ4v) is 2.53. The molecule has 0 saturated carbocycles. The fraction of sp³-hybridized carbons (Fsp3) is 0.571. The van der Waals surface area contributed by atoms with Crippen molar-refractivity contribution in [3.8, 4) is 5.75 Å². The highest BCUT2D eigenvalue weighted by atomic mass is 35.5. The maximum atomic E-state index is 6.33. The number of hydrogen-bond acceptors (Lipinski definition) is 2. The van der Waals surface area contributed by atoms with Crippen LogP contribution in [-0.2, 0) is 0 Å². The normalized spacial score (nSPS) is 14.3. The van der Waals surface area contributed by atoms with Crippen LogP contribution in [0.5, 0.6) is 5.75 Å². The number of benzene rings is 1. The van der Waals surface area contributed by atoms with Gasteiger partial charge < -0.3 is 10.1 Å². The first-order valence-corrected chi connectivity index (χ1v) is 7.07. The highest BCUT2D eigenvalue weighted by molar-refractivity contribution is 6.34. The van der Waals surface area contributed by atoms with Gasteiger partial charge in [-0.2, -0.15) is 0 Å². The summed E-state index contributed by atoms with van der Waals surface area (Å²) in [4.78, 5) is 0. The van der Waals surface area contributed by atoms with Crippen LogP contribution < -0.4 is 10.1 Å². The molecule has 0 radical (unpaired) electrons. The maximum absolute atomic E-state index is 6.33. The molecule has 2 nitrogen and oxygen atoms in total. The zero-order chi connectivity index (χ0) is 13.7. The van der Waals surface area contributed by atoms with Crippen molar-refractivity contribution in [3.05, 3.63) is 27.7 Å². The van der Waals surface area contributed by atoms with E-state index in [9.17, 15) is 0 Å². The minimum absolute atomic E-state index is 0.218. The molecule has 0 aromatic heterocycles. The van der Waals surface area contributed by atoms with E-state index in [0.29, 0.717) is 21.7 Å². The van der Waals surface area contributed by atoms with Crippen LogP contribution in [0.1, 0.15) is 38.8 Å². The van der Waals surface area contributed by atoms with E-state index >= 15 is 0 Å². The van der Waals surface area contributed by atoms with Crippen LogP contribution in [0.2, 0.25) is 10.0 Å². The van der Waals surface area contributed by atoms with E-state index in [1.54, 1.807) is 13.2 Å². The molecule has 1 aromatic rings. The third-order valence-electron chi connectivity index (χ3n) is 3.24. The monoisotopic (exact) mass is 289 g/mol. The lowest BCUT2D eigenvalue weighted by Crippen LogP contribution is -2.26. The minimum atomic E-state index is 0.218. The van der Waals surface area contributed by atoms with E-state index in [2.05, 4.69) is 26.1 Å². The third kappa shape index (κ3) is 3.53. The van der Waals surface area contributed by atoms with Gasteiger partial charge in [-0.1, -0.05) is 50.4 Å². The summed E-state index contributed by atoms with van der Waals surface area (Å²) >= 11 is 12.5. The summed E-state index contributed by atoms with van der Waals surface area (Å²) in [5.74, 6) is 1.11. The molecule has 0 aliphatic heterocycles. The van der Waals surface area contributed by atoms with Crippen LogP contribution in [0, 0.1) is 5.92 Å². The second-order valence-corrected chi connectivity index (χ2v) is 5.24. The van der Waals surface area contributed by atoms with E-state index in [-0.39, 0.29) is 6.04 Å². The average molecular weight is 290 g/mol. The lowest BCUT2D eigenvalue weighted by Gasteiger charge is -2.25. The van der Waals surface area contributed by atoms with Crippen LogP contribution in [0.15, 0.2) is 12.1 Å². The van der Waals surface area contributed by atoms with Gasteiger partial charge in [-0.15, -0.1) is 0 Å². The number of rotatable bonds is 6. The van der Waals surface area contributed by atoms with Crippen LogP contribution in [-0.4, -0.2) is 13.7 Å². The number of halogens is 2. The van der Waals surface area contributed by atoms with Crippen LogP contribution in [0.25, 0.3) is 0 Å². The van der Waals surface area contributed by atoms with Crippen molar-refractivity contribution >= 4 is 23.2 Å². The highest BCUT2D eigenvalue weighted by Crippen LogP contribution is 2.36. The lowest BCUT2D eigenvalue weighted by molar-refractivity contribution is 0.382. The molecular formula is C14H21Cl2NO. The molecule has 0 saturated heterocycles. The number of ether oxygens (including phenoxy) is 1. The Balaban J connectivity index is 3.15. The Hall–Kier alpha value is -0.440. The van der Waals surface area contributed by atoms with E-state index in [0.717, 1.165) is 18.5 Å². The summed E-state index contributed by atoms with van der Waals surface area (Å²) in [6.45, 7) is 7.37. The van der Waals surface area contributed by atoms with Crippen molar-refractivity contribution in [3.63, 3.8) is 0 Å². The topological polar surface area (TPSA) is 21.3 Å². The summed E-state index contributed by atoms with van der Waals surface area (Å²) in [5.41, 5.74) is 1.04. The molecule has 2 unspecified atom stereocenters. The molecular weight excluding hydrogens is 269 g/mol. The quantitative estimate of drug-likeness (QED) is 0.820. The first-order valence-electron chi connectivity index (χ1n) is 6.31.